The Morgan fingerprint density at radius 1 is 0.857 bits per heavy atom. The van der Waals surface area contributed by atoms with E-state index in [1.165, 1.54) is 27.8 Å². The van der Waals surface area contributed by atoms with Crippen LogP contribution in [0.5, 0.6) is 0 Å². The van der Waals surface area contributed by atoms with Crippen molar-refractivity contribution in [2.24, 2.45) is 0 Å². The van der Waals surface area contributed by atoms with E-state index in [2.05, 4.69) is 73.7 Å². The van der Waals surface area contributed by atoms with Crippen molar-refractivity contribution in [2.75, 3.05) is 0 Å². The topological polar surface area (TPSA) is 0 Å². The first kappa shape index (κ1) is 17.0. The molecule has 0 spiro atoms. The molecule has 0 N–H and O–H groups in total. The van der Waals surface area contributed by atoms with Crippen LogP contribution < -0.4 is 0 Å². The summed E-state index contributed by atoms with van der Waals surface area (Å²) in [5.74, 6) is 0. The van der Waals surface area contributed by atoms with Gasteiger partial charge >= 0.3 is 0 Å². The lowest BCUT2D eigenvalue weighted by Crippen LogP contribution is -1.91. The molecule has 0 aliphatic heterocycles. The van der Waals surface area contributed by atoms with Crippen molar-refractivity contribution in [1.82, 2.24) is 0 Å². The zero-order chi connectivity index (χ0) is 14.4. The van der Waals surface area contributed by atoms with E-state index in [-0.39, 0.29) is 7.43 Å². The van der Waals surface area contributed by atoms with Crippen LogP contribution in [0.4, 0.5) is 0 Å². The normalized spacial score (nSPS) is 11.6. The third kappa shape index (κ3) is 3.95. The van der Waals surface area contributed by atoms with Gasteiger partial charge < -0.3 is 0 Å². The molecule has 0 atom stereocenters. The predicted octanol–water partition coefficient (Wildman–Crippen LogP) is 6.45. The second-order valence-corrected chi connectivity index (χ2v) is 4.73. The van der Waals surface area contributed by atoms with E-state index in [1.54, 1.807) is 0 Å². The number of aryl methyl sites for hydroxylation is 1. The van der Waals surface area contributed by atoms with Gasteiger partial charge in [0.2, 0.25) is 0 Å². The van der Waals surface area contributed by atoms with Gasteiger partial charge in [-0.05, 0) is 35.6 Å². The fraction of sp³-hybridized carbons (Fsp3) is 0.238. The highest BCUT2D eigenvalue weighted by atomic mass is 14.1. The number of hydrogen-bond donors (Lipinski definition) is 0. The van der Waals surface area contributed by atoms with Gasteiger partial charge in [0.15, 0.2) is 0 Å². The Bertz CT molecular complexity index is 613. The van der Waals surface area contributed by atoms with Gasteiger partial charge in [-0.25, -0.2) is 0 Å². The highest BCUT2D eigenvalue weighted by Gasteiger charge is 2.08. The summed E-state index contributed by atoms with van der Waals surface area (Å²) in [5, 5.41) is 0. The summed E-state index contributed by atoms with van der Waals surface area (Å²) in [6, 6.07) is 15.3. The molecule has 0 heteroatoms. The van der Waals surface area contributed by atoms with Gasteiger partial charge in [-0.2, -0.15) is 0 Å². The predicted molar refractivity (Wildman–Crippen MR) is 96.6 cm³/mol. The maximum Gasteiger partial charge on any atom is -0.00822 e. The van der Waals surface area contributed by atoms with E-state index in [9.17, 15) is 0 Å². The van der Waals surface area contributed by atoms with Crippen LogP contribution >= 0.6 is 0 Å². The van der Waals surface area contributed by atoms with Gasteiger partial charge in [-0.15, -0.1) is 0 Å². The quantitative estimate of drug-likeness (QED) is 0.562. The average molecular weight is 278 g/mol. The standard InChI is InChI=1S/C18H16.C2H6.CH4/c1-14-10-12-16(13-11-14)18-9-5-7-15-6-3-2-4-8-17(15)18;1-2;/h2-7,9-13H,8H2,1H3;1-2H3;1H4. The summed E-state index contributed by atoms with van der Waals surface area (Å²) in [6.07, 6.45) is 9.66. The monoisotopic (exact) mass is 278 g/mol. The molecule has 21 heavy (non-hydrogen) atoms. The molecule has 0 unspecified atom stereocenters. The van der Waals surface area contributed by atoms with E-state index in [1.807, 2.05) is 13.8 Å². The van der Waals surface area contributed by atoms with Gasteiger partial charge in [0.1, 0.15) is 0 Å². The van der Waals surface area contributed by atoms with Crippen molar-refractivity contribution in [3.05, 3.63) is 77.4 Å². The Hall–Kier alpha value is -2.08. The summed E-state index contributed by atoms with van der Waals surface area (Å²) in [6.45, 7) is 6.13. The van der Waals surface area contributed by atoms with Crippen LogP contribution in [0.2, 0.25) is 0 Å². The van der Waals surface area contributed by atoms with Crippen LogP contribution in [0, 0.1) is 6.92 Å². The van der Waals surface area contributed by atoms with Crippen molar-refractivity contribution < 1.29 is 0 Å². The summed E-state index contributed by atoms with van der Waals surface area (Å²) in [5.41, 5.74) is 6.72. The summed E-state index contributed by atoms with van der Waals surface area (Å²) >= 11 is 0. The highest BCUT2D eigenvalue weighted by molar-refractivity contribution is 5.74. The lowest BCUT2D eigenvalue weighted by atomic mass is 9.93. The van der Waals surface area contributed by atoms with Crippen molar-refractivity contribution in [2.45, 2.75) is 34.6 Å². The van der Waals surface area contributed by atoms with E-state index < -0.39 is 0 Å². The second-order valence-electron chi connectivity index (χ2n) is 4.73. The molecule has 1 aliphatic carbocycles. The Kier molecular flexibility index (Phi) is 6.68. The molecule has 0 heterocycles. The molecule has 0 amide bonds. The van der Waals surface area contributed by atoms with Crippen LogP contribution in [0.15, 0.2) is 60.7 Å². The number of benzene rings is 2. The van der Waals surface area contributed by atoms with E-state index in [4.69, 9.17) is 0 Å². The molecule has 110 valence electrons. The van der Waals surface area contributed by atoms with Gasteiger partial charge in [0.25, 0.3) is 0 Å². The Morgan fingerprint density at radius 3 is 2.29 bits per heavy atom. The summed E-state index contributed by atoms with van der Waals surface area (Å²) in [7, 11) is 0. The van der Waals surface area contributed by atoms with Crippen LogP contribution in [0.3, 0.4) is 0 Å². The molecule has 0 nitrogen and oxygen atoms in total. The molecule has 0 saturated carbocycles. The first-order chi connectivity index (χ1) is 9.84. The minimum absolute atomic E-state index is 0. The van der Waals surface area contributed by atoms with Crippen LogP contribution in [0.25, 0.3) is 17.2 Å². The Labute approximate surface area is 129 Å². The molecular formula is C21H26. The molecule has 2 aromatic rings. The lowest BCUT2D eigenvalue weighted by Gasteiger charge is -2.11. The Balaban J connectivity index is 0.000000706. The lowest BCUT2D eigenvalue weighted by molar-refractivity contribution is 1.26. The number of rotatable bonds is 1. The van der Waals surface area contributed by atoms with Crippen molar-refractivity contribution in [3.8, 4) is 11.1 Å². The van der Waals surface area contributed by atoms with E-state index >= 15 is 0 Å². The number of hydrogen-bond acceptors (Lipinski definition) is 0. The van der Waals surface area contributed by atoms with Crippen molar-refractivity contribution in [1.29, 1.82) is 0 Å². The fourth-order valence-electron chi connectivity index (χ4n) is 2.42. The molecule has 0 bridgehead atoms. The van der Waals surface area contributed by atoms with Crippen LogP contribution in [-0.2, 0) is 6.42 Å². The zero-order valence-corrected chi connectivity index (χ0v) is 12.6. The van der Waals surface area contributed by atoms with E-state index in [0.29, 0.717) is 0 Å². The van der Waals surface area contributed by atoms with Crippen molar-refractivity contribution >= 4 is 6.08 Å². The summed E-state index contributed by atoms with van der Waals surface area (Å²) in [4.78, 5) is 0. The first-order valence-electron chi connectivity index (χ1n) is 7.37. The van der Waals surface area contributed by atoms with Gasteiger partial charge in [0, 0.05) is 0 Å². The molecule has 0 saturated heterocycles. The minimum Gasteiger partial charge on any atom is -0.0801 e. The fourth-order valence-corrected chi connectivity index (χ4v) is 2.42. The maximum atomic E-state index is 2.22. The minimum atomic E-state index is 0. The average Bonchev–Trinajstić information content (AvgIpc) is 2.75. The molecular weight excluding hydrogens is 252 g/mol. The molecule has 3 rings (SSSR count). The Morgan fingerprint density at radius 2 is 1.57 bits per heavy atom. The highest BCUT2D eigenvalue weighted by Crippen LogP contribution is 2.29. The van der Waals surface area contributed by atoms with Gasteiger partial charge in [-0.3, -0.25) is 0 Å². The third-order valence-corrected chi connectivity index (χ3v) is 3.42. The smallest absolute Gasteiger partial charge is 0.00822 e. The van der Waals surface area contributed by atoms with Gasteiger partial charge in [-0.1, -0.05) is 93.6 Å². The largest absolute Gasteiger partial charge is 0.0801 e. The molecule has 2 aromatic carbocycles. The molecule has 0 radical (unpaired) electrons. The number of allylic oxidation sites excluding steroid dienone is 3. The molecule has 0 fully saturated rings. The van der Waals surface area contributed by atoms with Gasteiger partial charge in [0.05, 0.1) is 0 Å². The maximum absolute atomic E-state index is 2.22. The first-order valence-corrected chi connectivity index (χ1v) is 7.37. The zero-order valence-electron chi connectivity index (χ0n) is 12.6. The van der Waals surface area contributed by atoms with Crippen LogP contribution in [-0.4, -0.2) is 0 Å². The van der Waals surface area contributed by atoms with E-state index in [0.717, 1.165) is 6.42 Å². The second kappa shape index (κ2) is 8.26. The van der Waals surface area contributed by atoms with Crippen LogP contribution in [0.1, 0.15) is 38.0 Å². The molecule has 0 aromatic heterocycles. The third-order valence-electron chi connectivity index (χ3n) is 3.42. The van der Waals surface area contributed by atoms with Crippen molar-refractivity contribution in [3.63, 3.8) is 0 Å². The molecule has 1 aliphatic rings. The summed E-state index contributed by atoms with van der Waals surface area (Å²) < 4.78 is 0. The SMILES string of the molecule is C.CC.Cc1ccc(-c2cccc3c2CC=CC=C3)cc1. The number of fused-ring (bicyclic) bond motifs is 1.